The molecule has 0 aliphatic heterocycles. The molecule has 0 fully saturated rings. The quantitative estimate of drug-likeness (QED) is 0.877. The summed E-state index contributed by atoms with van der Waals surface area (Å²) in [4.78, 5) is 4.30. The molecule has 2 rings (SSSR count). The fourth-order valence-corrected chi connectivity index (χ4v) is 1.67. The average molecular weight is 232 g/mol. The molecule has 0 spiro atoms. The zero-order valence-electron chi connectivity index (χ0n) is 10.3. The summed E-state index contributed by atoms with van der Waals surface area (Å²) in [5.41, 5.74) is 8.28. The molecule has 0 saturated carbocycles. The molecule has 0 unspecified atom stereocenters. The molecular weight excluding hydrogens is 216 g/mol. The number of rotatable bonds is 3. The molecule has 0 saturated heterocycles. The highest BCUT2D eigenvalue weighted by Gasteiger charge is 2.14. The molecule has 0 aliphatic rings. The number of hydrogen-bond donors (Lipinski definition) is 1. The average Bonchev–Trinajstić information content (AvgIpc) is 2.58. The second-order valence-corrected chi connectivity index (χ2v) is 3.75. The minimum Gasteiger partial charge on any atom is -0.490 e. The van der Waals surface area contributed by atoms with Crippen LogP contribution in [0.5, 0.6) is 5.75 Å². The van der Waals surface area contributed by atoms with Crippen LogP contribution in [-0.4, -0.2) is 21.4 Å². The molecule has 0 radical (unpaired) electrons. The maximum absolute atomic E-state index is 5.91. The van der Waals surface area contributed by atoms with Crippen molar-refractivity contribution in [2.45, 2.75) is 20.8 Å². The largest absolute Gasteiger partial charge is 0.490 e. The zero-order valence-corrected chi connectivity index (χ0v) is 10.3. The number of anilines is 1. The number of nitrogens with zero attached hydrogens (tertiary/aromatic N) is 3. The summed E-state index contributed by atoms with van der Waals surface area (Å²) >= 11 is 0. The fourth-order valence-electron chi connectivity index (χ4n) is 1.67. The summed E-state index contributed by atoms with van der Waals surface area (Å²) in [5.74, 6) is 1.38. The first-order valence-corrected chi connectivity index (χ1v) is 5.55. The molecular formula is C12H16N4O. The van der Waals surface area contributed by atoms with Gasteiger partial charge in [0.15, 0.2) is 11.6 Å². The van der Waals surface area contributed by atoms with E-state index in [0.717, 1.165) is 11.4 Å². The van der Waals surface area contributed by atoms with Crippen molar-refractivity contribution in [2.75, 3.05) is 12.3 Å². The van der Waals surface area contributed by atoms with Crippen LogP contribution in [0.1, 0.15) is 18.3 Å². The molecule has 5 heteroatoms. The Hall–Kier alpha value is -2.04. The molecule has 17 heavy (non-hydrogen) atoms. The molecule has 0 aliphatic carbocycles. The Kier molecular flexibility index (Phi) is 2.99. The molecule has 90 valence electrons. The predicted molar refractivity (Wildman–Crippen MR) is 66.4 cm³/mol. The van der Waals surface area contributed by atoms with E-state index in [-0.39, 0.29) is 0 Å². The summed E-state index contributed by atoms with van der Waals surface area (Å²) in [5, 5.41) is 4.37. The molecule has 0 amide bonds. The summed E-state index contributed by atoms with van der Waals surface area (Å²) < 4.78 is 7.25. The van der Waals surface area contributed by atoms with Gasteiger partial charge in [0, 0.05) is 6.20 Å². The van der Waals surface area contributed by atoms with Gasteiger partial charge in [0.2, 0.25) is 0 Å². The highest BCUT2D eigenvalue weighted by atomic mass is 16.5. The van der Waals surface area contributed by atoms with Crippen LogP contribution in [0.15, 0.2) is 18.3 Å². The van der Waals surface area contributed by atoms with Crippen LogP contribution in [-0.2, 0) is 0 Å². The van der Waals surface area contributed by atoms with E-state index in [1.165, 1.54) is 0 Å². The first-order valence-electron chi connectivity index (χ1n) is 5.55. The topological polar surface area (TPSA) is 66.0 Å². The second kappa shape index (κ2) is 4.45. The lowest BCUT2D eigenvalue weighted by Crippen LogP contribution is -2.06. The number of ether oxygens (including phenoxy) is 1. The SMILES string of the molecule is CCOc1cccnc1-n1nc(C)c(N)c1C. The first-order chi connectivity index (χ1) is 8.15. The number of nitrogen functional groups attached to an aromatic ring is 1. The van der Waals surface area contributed by atoms with Gasteiger partial charge >= 0.3 is 0 Å². The van der Waals surface area contributed by atoms with E-state index < -0.39 is 0 Å². The zero-order chi connectivity index (χ0) is 12.4. The van der Waals surface area contributed by atoms with Crippen LogP contribution in [0.4, 0.5) is 5.69 Å². The summed E-state index contributed by atoms with van der Waals surface area (Å²) in [6.07, 6.45) is 1.71. The number of aromatic nitrogens is 3. The van der Waals surface area contributed by atoms with Gasteiger partial charge in [-0.25, -0.2) is 9.67 Å². The number of nitrogens with two attached hydrogens (primary N) is 1. The summed E-state index contributed by atoms with van der Waals surface area (Å²) in [7, 11) is 0. The van der Waals surface area contributed by atoms with Crippen LogP contribution in [0, 0.1) is 13.8 Å². The Balaban J connectivity index is 2.56. The Morgan fingerprint density at radius 2 is 2.18 bits per heavy atom. The molecule has 2 aromatic rings. The van der Waals surface area contributed by atoms with Crippen LogP contribution in [0.25, 0.3) is 5.82 Å². The lowest BCUT2D eigenvalue weighted by molar-refractivity contribution is 0.336. The molecule has 0 aromatic carbocycles. The molecule has 0 atom stereocenters. The van der Waals surface area contributed by atoms with Crippen molar-refractivity contribution >= 4 is 5.69 Å². The maximum Gasteiger partial charge on any atom is 0.196 e. The van der Waals surface area contributed by atoms with Crippen molar-refractivity contribution in [1.29, 1.82) is 0 Å². The van der Waals surface area contributed by atoms with Gasteiger partial charge in [-0.05, 0) is 32.9 Å². The lowest BCUT2D eigenvalue weighted by atomic mass is 10.3. The van der Waals surface area contributed by atoms with Crippen molar-refractivity contribution in [2.24, 2.45) is 0 Å². The van der Waals surface area contributed by atoms with Gasteiger partial charge in [-0.3, -0.25) is 0 Å². The van der Waals surface area contributed by atoms with E-state index in [4.69, 9.17) is 10.5 Å². The molecule has 5 nitrogen and oxygen atoms in total. The Morgan fingerprint density at radius 3 is 2.76 bits per heavy atom. The van der Waals surface area contributed by atoms with Crippen LogP contribution >= 0.6 is 0 Å². The lowest BCUT2D eigenvalue weighted by Gasteiger charge is -2.09. The normalized spacial score (nSPS) is 10.5. The number of pyridine rings is 1. The summed E-state index contributed by atoms with van der Waals surface area (Å²) in [6.45, 7) is 6.32. The first kappa shape index (κ1) is 11.4. The van der Waals surface area contributed by atoms with E-state index in [9.17, 15) is 0 Å². The molecule has 2 aromatic heterocycles. The minimum atomic E-state index is 0.591. The molecule has 2 heterocycles. The van der Waals surface area contributed by atoms with Crippen LogP contribution in [0.2, 0.25) is 0 Å². The third kappa shape index (κ3) is 1.95. The predicted octanol–water partition coefficient (Wildman–Crippen LogP) is 1.87. The van der Waals surface area contributed by atoms with E-state index in [1.54, 1.807) is 10.9 Å². The van der Waals surface area contributed by atoms with Crippen LogP contribution < -0.4 is 10.5 Å². The number of hydrogen-bond acceptors (Lipinski definition) is 4. The third-order valence-electron chi connectivity index (χ3n) is 2.60. The Bertz CT molecular complexity index is 533. The highest BCUT2D eigenvalue weighted by molar-refractivity contribution is 5.51. The van der Waals surface area contributed by atoms with E-state index in [0.29, 0.717) is 23.9 Å². The van der Waals surface area contributed by atoms with Crippen molar-refractivity contribution in [3.63, 3.8) is 0 Å². The fraction of sp³-hybridized carbons (Fsp3) is 0.333. The second-order valence-electron chi connectivity index (χ2n) is 3.75. The van der Waals surface area contributed by atoms with Gasteiger partial charge in [-0.2, -0.15) is 5.10 Å². The minimum absolute atomic E-state index is 0.591. The van der Waals surface area contributed by atoms with E-state index in [2.05, 4.69) is 10.1 Å². The van der Waals surface area contributed by atoms with Crippen molar-refractivity contribution in [1.82, 2.24) is 14.8 Å². The maximum atomic E-state index is 5.91. The molecule has 0 bridgehead atoms. The van der Waals surface area contributed by atoms with Gasteiger partial charge in [0.25, 0.3) is 0 Å². The van der Waals surface area contributed by atoms with E-state index >= 15 is 0 Å². The van der Waals surface area contributed by atoms with Gasteiger partial charge in [-0.1, -0.05) is 0 Å². The third-order valence-corrected chi connectivity index (χ3v) is 2.60. The summed E-state index contributed by atoms with van der Waals surface area (Å²) in [6, 6.07) is 3.71. The Labute approximate surface area is 100 Å². The standard InChI is InChI=1S/C12H16N4O/c1-4-17-10-6-5-7-14-12(10)16-9(3)11(13)8(2)15-16/h5-7H,4,13H2,1-3H3. The number of aryl methyl sites for hydroxylation is 1. The van der Waals surface area contributed by atoms with Gasteiger partial charge in [-0.15, -0.1) is 0 Å². The van der Waals surface area contributed by atoms with Crippen molar-refractivity contribution < 1.29 is 4.74 Å². The monoisotopic (exact) mass is 232 g/mol. The highest BCUT2D eigenvalue weighted by Crippen LogP contribution is 2.24. The molecule has 2 N–H and O–H groups in total. The Morgan fingerprint density at radius 1 is 1.41 bits per heavy atom. The van der Waals surface area contributed by atoms with Crippen molar-refractivity contribution in [3.05, 3.63) is 29.7 Å². The smallest absolute Gasteiger partial charge is 0.196 e. The van der Waals surface area contributed by atoms with Gasteiger partial charge in [0.1, 0.15) is 0 Å². The van der Waals surface area contributed by atoms with Crippen LogP contribution in [0.3, 0.4) is 0 Å². The van der Waals surface area contributed by atoms with Gasteiger partial charge < -0.3 is 10.5 Å². The van der Waals surface area contributed by atoms with Crippen molar-refractivity contribution in [3.8, 4) is 11.6 Å². The van der Waals surface area contributed by atoms with Gasteiger partial charge in [0.05, 0.1) is 23.7 Å². The van der Waals surface area contributed by atoms with E-state index in [1.807, 2.05) is 32.9 Å².